The highest BCUT2D eigenvalue weighted by Crippen LogP contribution is 2.56. The molecule has 3 heterocycles. The van der Waals surface area contributed by atoms with Gasteiger partial charge in [-0.15, -0.1) is 11.3 Å². The Morgan fingerprint density at radius 2 is 0.949 bits per heavy atom. The third kappa shape index (κ3) is 7.78. The first kappa shape index (κ1) is 50.9. The number of benzene rings is 8. The van der Waals surface area contributed by atoms with Gasteiger partial charge in [-0.2, -0.15) is 0 Å². The fourth-order valence-electron chi connectivity index (χ4n) is 14.8. The Morgan fingerprint density at radius 1 is 0.449 bits per heavy atom. The molecule has 4 aliphatic rings. The summed E-state index contributed by atoms with van der Waals surface area (Å²) in [5, 5.41) is 2.61. The zero-order valence-electron chi connectivity index (χ0n) is 49.3. The molecule has 3 nitrogen and oxygen atoms in total. The lowest BCUT2D eigenvalue weighted by molar-refractivity contribution is 0.332. The smallest absolute Gasteiger partial charge is 0.252 e. The zero-order valence-corrected chi connectivity index (χ0v) is 50.1. The van der Waals surface area contributed by atoms with Crippen molar-refractivity contribution >= 4 is 106 Å². The topological polar surface area (TPSA) is 9.72 Å². The standard InChI is InChI=1S/C73H78BN3S/c1-44-36-63-66-64(37-44)77(60-41-55-53(38-45(60)2)70(9,10)34-35-71(55,11)12)62-42-56-54(72(13,14)43-73(56,15)16)40-58(62)74(66)57-33-32-50(39-61(57)76(63)59-22-19-21-52-51-20-17-18-23-65(51)78-67(52)59)75(48-28-24-46(25-29-48)68(3,4)5)49-30-26-47(27-31-49)69(6,7)8/h17-33,36-42H,34-35,43H2,1-16H3. The van der Waals surface area contributed by atoms with Gasteiger partial charge in [0.05, 0.1) is 10.4 Å². The molecule has 0 radical (unpaired) electrons. The van der Waals surface area contributed by atoms with E-state index in [4.69, 9.17) is 0 Å². The lowest BCUT2D eigenvalue weighted by Gasteiger charge is -2.46. The van der Waals surface area contributed by atoms with Crippen molar-refractivity contribution in [3.8, 4) is 0 Å². The minimum atomic E-state index is -0.0209. The second kappa shape index (κ2) is 17.0. The maximum Gasteiger partial charge on any atom is 0.252 e. The molecule has 0 spiro atoms. The number of anilines is 9. The Morgan fingerprint density at radius 3 is 1.55 bits per heavy atom. The molecule has 0 saturated carbocycles. The number of rotatable bonds is 5. The number of nitrogens with zero attached hydrogens (tertiary/aromatic N) is 3. The zero-order chi connectivity index (χ0) is 55.0. The monoisotopic (exact) mass is 1040 g/mol. The molecule has 2 aliphatic heterocycles. The predicted octanol–water partition coefficient (Wildman–Crippen LogP) is 19.1. The second-order valence-electron chi connectivity index (χ2n) is 28.6. The van der Waals surface area contributed by atoms with E-state index in [1.54, 1.807) is 0 Å². The highest BCUT2D eigenvalue weighted by molar-refractivity contribution is 7.26. The van der Waals surface area contributed by atoms with Gasteiger partial charge >= 0.3 is 0 Å². The Labute approximate surface area is 470 Å². The van der Waals surface area contributed by atoms with Gasteiger partial charge in [-0.1, -0.05) is 170 Å². The van der Waals surface area contributed by atoms with Crippen LogP contribution in [0.3, 0.4) is 0 Å². The van der Waals surface area contributed by atoms with Crippen molar-refractivity contribution in [2.75, 3.05) is 14.7 Å². The van der Waals surface area contributed by atoms with Crippen molar-refractivity contribution in [3.63, 3.8) is 0 Å². The fraction of sp³-hybridized carbons (Fsp3) is 0.342. The van der Waals surface area contributed by atoms with Gasteiger partial charge in [0.25, 0.3) is 6.71 Å². The molecule has 1 aromatic heterocycles. The van der Waals surface area contributed by atoms with E-state index in [0.717, 1.165) is 23.5 Å². The Balaban J connectivity index is 1.13. The number of aryl methyl sites for hydroxylation is 2. The first-order valence-electron chi connectivity index (χ1n) is 28.9. The van der Waals surface area contributed by atoms with Gasteiger partial charge in [-0.3, -0.25) is 0 Å². The lowest BCUT2D eigenvalue weighted by Crippen LogP contribution is -2.61. The molecule has 0 amide bonds. The average Bonchev–Trinajstić information content (AvgIpc) is 3.96. The van der Waals surface area contributed by atoms with Crippen LogP contribution in [0.2, 0.25) is 0 Å². The van der Waals surface area contributed by atoms with E-state index in [1.165, 1.54) is 128 Å². The summed E-state index contributed by atoms with van der Waals surface area (Å²) in [6, 6.07) is 57.7. The summed E-state index contributed by atoms with van der Waals surface area (Å²) in [4.78, 5) is 7.90. The second-order valence-corrected chi connectivity index (χ2v) is 29.7. The van der Waals surface area contributed by atoms with Gasteiger partial charge in [-0.05, 0) is 199 Å². The van der Waals surface area contributed by atoms with Crippen molar-refractivity contribution in [3.05, 3.63) is 190 Å². The molecule has 0 fully saturated rings. The normalized spacial score (nSPS) is 17.4. The van der Waals surface area contributed by atoms with Gasteiger partial charge in [0.1, 0.15) is 0 Å². The van der Waals surface area contributed by atoms with Crippen LogP contribution in [0.25, 0.3) is 20.2 Å². The molecule has 0 N–H and O–H groups in total. The van der Waals surface area contributed by atoms with Gasteiger partial charge in [0, 0.05) is 61.0 Å². The number of fused-ring (bicyclic) bond motifs is 9. The van der Waals surface area contributed by atoms with E-state index in [1.807, 2.05) is 11.3 Å². The summed E-state index contributed by atoms with van der Waals surface area (Å²) in [5.41, 5.74) is 26.6. The highest BCUT2D eigenvalue weighted by atomic mass is 32.1. The molecular weight excluding hydrogens is 962 g/mol. The van der Waals surface area contributed by atoms with E-state index < -0.39 is 0 Å². The van der Waals surface area contributed by atoms with Gasteiger partial charge in [0.15, 0.2) is 0 Å². The van der Waals surface area contributed by atoms with Crippen LogP contribution in [0.15, 0.2) is 146 Å². The van der Waals surface area contributed by atoms with E-state index in [9.17, 15) is 0 Å². The Bertz CT molecular complexity index is 3890. The number of hydrogen-bond acceptors (Lipinski definition) is 4. The van der Waals surface area contributed by atoms with Gasteiger partial charge in [-0.25, -0.2) is 0 Å². The molecule has 394 valence electrons. The molecule has 8 aromatic carbocycles. The third-order valence-electron chi connectivity index (χ3n) is 19.0. The molecule has 0 unspecified atom stereocenters. The van der Waals surface area contributed by atoms with E-state index >= 15 is 0 Å². The first-order valence-corrected chi connectivity index (χ1v) is 29.7. The van der Waals surface area contributed by atoms with Crippen molar-refractivity contribution in [1.82, 2.24) is 0 Å². The SMILES string of the molecule is Cc1cc2c3c(c1)N(c1cccc4c1sc1ccccc14)c1cc(N(c4ccc(C(C)(C)C)cc4)c4ccc(C(C)(C)C)cc4)ccc1B3c1cc3c(cc1N2c1cc2c(cc1C)C(C)(C)CCC2(C)C)C(C)(C)CC3(C)C. The maximum absolute atomic E-state index is 2.73. The Kier molecular flexibility index (Phi) is 11.1. The van der Waals surface area contributed by atoms with Crippen molar-refractivity contribution in [2.45, 2.75) is 163 Å². The van der Waals surface area contributed by atoms with Crippen LogP contribution < -0.4 is 31.1 Å². The van der Waals surface area contributed by atoms with Crippen molar-refractivity contribution in [1.29, 1.82) is 0 Å². The predicted molar refractivity (Wildman–Crippen MR) is 341 cm³/mol. The van der Waals surface area contributed by atoms with Crippen LogP contribution in [-0.2, 0) is 32.5 Å². The summed E-state index contributed by atoms with van der Waals surface area (Å²) < 4.78 is 2.62. The van der Waals surface area contributed by atoms with E-state index in [0.29, 0.717) is 0 Å². The fourth-order valence-corrected chi connectivity index (χ4v) is 16.0. The van der Waals surface area contributed by atoms with Crippen LogP contribution >= 0.6 is 11.3 Å². The molecule has 9 aromatic rings. The van der Waals surface area contributed by atoms with E-state index in [-0.39, 0.29) is 39.2 Å². The molecule has 5 heteroatoms. The van der Waals surface area contributed by atoms with Crippen LogP contribution in [0.5, 0.6) is 0 Å². The summed E-state index contributed by atoms with van der Waals surface area (Å²) in [6.45, 7) is 38.3. The number of hydrogen-bond donors (Lipinski definition) is 0. The third-order valence-corrected chi connectivity index (χ3v) is 20.2. The van der Waals surface area contributed by atoms with Crippen LogP contribution in [0.1, 0.15) is 161 Å². The molecule has 13 rings (SSSR count). The molecule has 0 bridgehead atoms. The maximum atomic E-state index is 2.73. The van der Waals surface area contributed by atoms with Crippen LogP contribution in [0, 0.1) is 13.8 Å². The lowest BCUT2D eigenvalue weighted by atomic mass is 9.33. The summed E-state index contributed by atoms with van der Waals surface area (Å²) >= 11 is 1.92. The molecule has 0 atom stereocenters. The quantitative estimate of drug-likeness (QED) is 0.159. The van der Waals surface area contributed by atoms with Crippen molar-refractivity contribution < 1.29 is 0 Å². The van der Waals surface area contributed by atoms with Gasteiger partial charge in [0.2, 0.25) is 0 Å². The van der Waals surface area contributed by atoms with Gasteiger partial charge < -0.3 is 14.7 Å². The minimum absolute atomic E-state index is 0.0161. The minimum Gasteiger partial charge on any atom is -0.311 e. The van der Waals surface area contributed by atoms with Crippen LogP contribution in [-0.4, -0.2) is 6.71 Å². The van der Waals surface area contributed by atoms with Crippen LogP contribution in [0.4, 0.5) is 51.2 Å². The average molecular weight is 1040 g/mol. The highest BCUT2D eigenvalue weighted by Gasteiger charge is 2.49. The van der Waals surface area contributed by atoms with Crippen molar-refractivity contribution in [2.24, 2.45) is 0 Å². The molecule has 2 aliphatic carbocycles. The summed E-state index contributed by atoms with van der Waals surface area (Å²) in [7, 11) is 0. The molecular formula is C73H78BN3S. The first-order chi connectivity index (χ1) is 36.7. The largest absolute Gasteiger partial charge is 0.311 e. The Hall–Kier alpha value is -6.56. The number of thiophene rings is 1. The molecule has 78 heavy (non-hydrogen) atoms. The molecule has 0 saturated heterocycles. The van der Waals surface area contributed by atoms with E-state index in [2.05, 4.69) is 271 Å². The summed E-state index contributed by atoms with van der Waals surface area (Å²) in [6.07, 6.45) is 3.47. The summed E-state index contributed by atoms with van der Waals surface area (Å²) in [5.74, 6) is 0.